The molecule has 10 rings (SSSR count). The van der Waals surface area contributed by atoms with Crippen LogP contribution < -0.4 is 20.9 Å². The Morgan fingerprint density at radius 3 is 2.54 bits per heavy atom. The van der Waals surface area contributed by atoms with Crippen molar-refractivity contribution in [3.05, 3.63) is 95.1 Å². The van der Waals surface area contributed by atoms with Gasteiger partial charge in [0.25, 0.3) is 24.1 Å². The fourth-order valence-electron chi connectivity index (χ4n) is 9.10. The van der Waals surface area contributed by atoms with Crippen LogP contribution >= 0.6 is 0 Å². The van der Waals surface area contributed by atoms with E-state index < -0.39 is 47.7 Å². The van der Waals surface area contributed by atoms with Gasteiger partial charge >= 0.3 is 0 Å². The summed E-state index contributed by atoms with van der Waals surface area (Å²) < 4.78 is 37.0. The molecule has 4 saturated heterocycles. The van der Waals surface area contributed by atoms with Crippen LogP contribution in [0.4, 0.5) is 26.0 Å². The molecule has 2 aromatic carbocycles. The second-order valence-corrected chi connectivity index (χ2v) is 16.2. The van der Waals surface area contributed by atoms with Crippen LogP contribution in [0.25, 0.3) is 11.3 Å². The molecule has 0 saturated carbocycles. The lowest BCUT2D eigenvalue weighted by molar-refractivity contribution is -0.136. The average molecular weight is 834 g/mol. The lowest BCUT2D eigenvalue weighted by Gasteiger charge is -2.32. The number of aromatic nitrogens is 5. The number of anilines is 3. The van der Waals surface area contributed by atoms with Crippen LogP contribution in [0, 0.1) is 5.92 Å². The van der Waals surface area contributed by atoms with Crippen LogP contribution in [-0.2, 0) is 20.9 Å². The second kappa shape index (κ2) is 15.5. The zero-order valence-corrected chi connectivity index (χ0v) is 32.8. The zero-order chi connectivity index (χ0) is 41.9. The fourth-order valence-corrected chi connectivity index (χ4v) is 9.10. The number of hydrogen-bond donors (Lipinski definition) is 3. The fraction of sp³-hybridized carbons (Fsp3) is 0.381. The first-order chi connectivity index (χ1) is 29.6. The number of carbonyl (C=O) groups excluding carboxylic acids is 5. The van der Waals surface area contributed by atoms with Crippen molar-refractivity contribution in [1.82, 2.24) is 39.5 Å². The zero-order valence-electron chi connectivity index (χ0n) is 32.8. The molecule has 8 heterocycles. The first-order valence-corrected chi connectivity index (χ1v) is 20.4. The van der Waals surface area contributed by atoms with Crippen molar-refractivity contribution in [2.45, 2.75) is 63.3 Å². The van der Waals surface area contributed by atoms with E-state index in [9.17, 15) is 32.8 Å². The molecule has 5 aliphatic heterocycles. The molecule has 3 unspecified atom stereocenters. The number of morpholine rings is 1. The van der Waals surface area contributed by atoms with Gasteiger partial charge in [-0.15, -0.1) is 0 Å². The number of imide groups is 2. The number of fused-ring (bicyclic) bond motifs is 4. The Labute approximate surface area is 347 Å². The van der Waals surface area contributed by atoms with Crippen LogP contribution in [0.5, 0.6) is 0 Å². The van der Waals surface area contributed by atoms with E-state index in [-0.39, 0.29) is 47.4 Å². The Morgan fingerprint density at radius 1 is 0.984 bits per heavy atom. The van der Waals surface area contributed by atoms with Crippen molar-refractivity contribution >= 4 is 52.4 Å². The molecule has 0 spiro atoms. The maximum absolute atomic E-state index is 14.2. The second-order valence-electron chi connectivity index (χ2n) is 16.2. The summed E-state index contributed by atoms with van der Waals surface area (Å²) in [5, 5.41) is 16.6. The van der Waals surface area contributed by atoms with Crippen molar-refractivity contribution in [2.75, 3.05) is 48.3 Å². The van der Waals surface area contributed by atoms with Gasteiger partial charge in [0.05, 0.1) is 53.6 Å². The maximum Gasteiger partial charge on any atom is 0.284 e. The number of halogens is 2. The highest BCUT2D eigenvalue weighted by Gasteiger charge is 2.46. The predicted molar refractivity (Wildman–Crippen MR) is 215 cm³/mol. The normalized spacial score (nSPS) is 21.9. The number of piperidine rings is 2. The standard InChI is InChI=1S/C42H41F2N11O6/c43-37(44)36-31(47-39(57)29-18-46-53-15-12-33(48-38(29)53)52-20-27-16-26(52)22-61-27)21-54(50-36)25-6-4-24(5-7-25)19-51-13-10-23(11-14-51)17-45-30-3-1-2-28-35(30)42(60)55(41(28)59)32-8-9-34(56)49-40(32)58/h1-7,12,15,18,21,23,26-27,32,37,45H,8-11,13-14,16-17,19-20,22H2,(H,47,57)(H,49,56,58). The number of ether oxygens (including phenoxy) is 1. The van der Waals surface area contributed by atoms with Crippen LogP contribution in [0.15, 0.2) is 67.1 Å². The molecule has 61 heavy (non-hydrogen) atoms. The number of rotatable bonds is 11. The Hall–Kier alpha value is -6.60. The monoisotopic (exact) mass is 833 g/mol. The molecule has 4 fully saturated rings. The minimum absolute atomic E-state index is 0.0563. The lowest BCUT2D eigenvalue weighted by Crippen LogP contribution is -2.54. The van der Waals surface area contributed by atoms with Crippen molar-refractivity contribution in [1.29, 1.82) is 0 Å². The number of alkyl halides is 2. The Bertz CT molecular complexity index is 2590. The van der Waals surface area contributed by atoms with Crippen molar-refractivity contribution < 1.29 is 37.5 Å². The Morgan fingerprint density at radius 2 is 1.80 bits per heavy atom. The van der Waals surface area contributed by atoms with E-state index in [1.807, 2.05) is 18.2 Å². The van der Waals surface area contributed by atoms with E-state index in [0.717, 1.165) is 42.8 Å². The summed E-state index contributed by atoms with van der Waals surface area (Å²) in [7, 11) is 0. The van der Waals surface area contributed by atoms with E-state index >= 15 is 0 Å². The van der Waals surface area contributed by atoms with Crippen molar-refractivity contribution in [3.8, 4) is 5.69 Å². The van der Waals surface area contributed by atoms with Crippen LogP contribution in [0.1, 0.15) is 80.9 Å². The number of benzene rings is 2. The first-order valence-electron chi connectivity index (χ1n) is 20.4. The van der Waals surface area contributed by atoms with Crippen molar-refractivity contribution in [2.24, 2.45) is 5.92 Å². The van der Waals surface area contributed by atoms with E-state index in [4.69, 9.17) is 9.72 Å². The van der Waals surface area contributed by atoms with E-state index in [0.29, 0.717) is 55.0 Å². The maximum atomic E-state index is 14.2. The Balaban J connectivity index is 0.744. The topological polar surface area (TPSA) is 188 Å². The smallest absolute Gasteiger partial charge is 0.284 e. The minimum atomic E-state index is -2.94. The summed E-state index contributed by atoms with van der Waals surface area (Å²) >= 11 is 0. The number of amides is 5. The third-order valence-electron chi connectivity index (χ3n) is 12.4. The van der Waals surface area contributed by atoms with Gasteiger partial charge in [-0.3, -0.25) is 39.1 Å². The number of hydrogen-bond acceptors (Lipinski definition) is 12. The molecule has 19 heteroatoms. The molecule has 5 amide bonds. The first kappa shape index (κ1) is 38.6. The molecular weight excluding hydrogens is 793 g/mol. The van der Waals surface area contributed by atoms with Gasteiger partial charge in [-0.1, -0.05) is 18.2 Å². The van der Waals surface area contributed by atoms with Gasteiger partial charge < -0.3 is 20.3 Å². The Kier molecular flexibility index (Phi) is 9.78. The SMILES string of the molecule is O=C1CCC(N2C(=O)c3cccc(NCC4CCN(Cc5ccc(-n6cc(NC(=O)c7cnn8ccc(N9CC%10CC9CO%10)nc78)c(C(F)F)n6)cc5)CC4)c3C2=O)C(=O)N1. The van der Waals surface area contributed by atoms with Gasteiger partial charge in [-0.05, 0) is 80.6 Å². The highest BCUT2D eigenvalue weighted by molar-refractivity contribution is 6.25. The van der Waals surface area contributed by atoms with E-state index in [1.54, 1.807) is 36.5 Å². The van der Waals surface area contributed by atoms with E-state index in [1.165, 1.54) is 21.6 Å². The number of likely N-dealkylation sites (tertiary alicyclic amines) is 1. The molecule has 2 bridgehead atoms. The van der Waals surface area contributed by atoms with Crippen LogP contribution in [-0.4, -0.2) is 115 Å². The van der Waals surface area contributed by atoms with Gasteiger partial charge in [0.15, 0.2) is 11.3 Å². The molecule has 5 aromatic rings. The van der Waals surface area contributed by atoms with Gasteiger partial charge in [0, 0.05) is 37.9 Å². The third kappa shape index (κ3) is 7.16. The summed E-state index contributed by atoms with van der Waals surface area (Å²) in [6, 6.07) is 13.5. The molecule has 3 aromatic heterocycles. The van der Waals surface area contributed by atoms with E-state index in [2.05, 4.69) is 35.9 Å². The molecule has 3 N–H and O–H groups in total. The summed E-state index contributed by atoms with van der Waals surface area (Å²) in [4.78, 5) is 74.5. The molecular formula is C42H41F2N11O6. The molecule has 314 valence electrons. The molecule has 0 radical (unpaired) electrons. The van der Waals surface area contributed by atoms with Crippen LogP contribution in [0.2, 0.25) is 0 Å². The number of nitrogens with one attached hydrogen (secondary N) is 3. The molecule has 17 nitrogen and oxygen atoms in total. The molecule has 0 aliphatic carbocycles. The van der Waals surface area contributed by atoms with Crippen LogP contribution in [0.3, 0.4) is 0 Å². The highest BCUT2D eigenvalue weighted by Crippen LogP contribution is 2.35. The summed E-state index contributed by atoms with van der Waals surface area (Å²) in [5.74, 6) is -1.76. The van der Waals surface area contributed by atoms with Gasteiger partial charge in [0.2, 0.25) is 11.8 Å². The lowest BCUT2D eigenvalue weighted by atomic mass is 9.96. The highest BCUT2D eigenvalue weighted by atomic mass is 19.3. The number of nitrogens with zero attached hydrogens (tertiary/aromatic N) is 8. The molecule has 5 aliphatic rings. The van der Waals surface area contributed by atoms with Gasteiger partial charge in [-0.25, -0.2) is 23.0 Å². The average Bonchev–Trinajstić information content (AvgIpc) is 4.11. The van der Waals surface area contributed by atoms with Gasteiger partial charge in [-0.2, -0.15) is 10.2 Å². The quantitative estimate of drug-likeness (QED) is 0.164. The predicted octanol–water partition coefficient (Wildman–Crippen LogP) is 3.81. The minimum Gasteiger partial charge on any atom is -0.384 e. The largest absolute Gasteiger partial charge is 0.384 e. The summed E-state index contributed by atoms with van der Waals surface area (Å²) in [6.07, 6.45) is 4.57. The third-order valence-corrected chi connectivity index (χ3v) is 12.4. The number of carbonyl (C=O) groups is 5. The summed E-state index contributed by atoms with van der Waals surface area (Å²) in [5.41, 5.74) is 2.40. The summed E-state index contributed by atoms with van der Waals surface area (Å²) in [6.45, 7) is 4.29. The van der Waals surface area contributed by atoms with Crippen molar-refractivity contribution in [3.63, 3.8) is 0 Å². The van der Waals surface area contributed by atoms with Gasteiger partial charge in [0.1, 0.15) is 17.4 Å². The molecule has 3 atom stereocenters.